The normalized spacial score (nSPS) is 12.9. The molecule has 8 aromatic carbocycles. The molecule has 56 heavy (non-hydrogen) atoms. The highest BCUT2D eigenvalue weighted by Gasteiger charge is 2.51. The van der Waals surface area contributed by atoms with Crippen LogP contribution in [0, 0.1) is 11.3 Å². The highest BCUT2D eigenvalue weighted by molar-refractivity contribution is 5.96. The summed E-state index contributed by atoms with van der Waals surface area (Å²) in [7, 11) is 0. The molecule has 0 unspecified atom stereocenters. The Morgan fingerprint density at radius 3 is 1.71 bits per heavy atom. The Labute approximate surface area is 323 Å². The third-order valence-electron chi connectivity index (χ3n) is 11.2. The lowest BCUT2D eigenvalue weighted by Crippen LogP contribution is -2.32. The van der Waals surface area contributed by atoms with Crippen molar-refractivity contribution in [1.29, 1.82) is 5.26 Å². The summed E-state index contributed by atoms with van der Waals surface area (Å²) >= 11 is 0. The van der Waals surface area contributed by atoms with E-state index in [-0.39, 0.29) is 0 Å². The third-order valence-corrected chi connectivity index (χ3v) is 11.2. The zero-order valence-electron chi connectivity index (χ0n) is 30.0. The number of para-hydroxylation sites is 2. The van der Waals surface area contributed by atoms with Crippen molar-refractivity contribution < 1.29 is 4.74 Å². The molecule has 0 saturated heterocycles. The van der Waals surface area contributed by atoms with Crippen molar-refractivity contribution in [2.75, 3.05) is 0 Å². The minimum Gasteiger partial charge on any atom is -0.457 e. The summed E-state index contributed by atoms with van der Waals surface area (Å²) < 4.78 is 6.59. The highest BCUT2D eigenvalue weighted by atomic mass is 16.5. The summed E-state index contributed by atoms with van der Waals surface area (Å²) in [5, 5.41) is 12.0. The average molecular weight is 715 g/mol. The van der Waals surface area contributed by atoms with Crippen LogP contribution in [-0.2, 0) is 5.41 Å². The Kier molecular flexibility index (Phi) is 7.07. The largest absolute Gasteiger partial charge is 0.457 e. The van der Waals surface area contributed by atoms with Crippen molar-refractivity contribution in [2.24, 2.45) is 0 Å². The van der Waals surface area contributed by atoms with E-state index in [0.29, 0.717) is 23.0 Å². The summed E-state index contributed by atoms with van der Waals surface area (Å²) in [6.45, 7) is 0. The van der Waals surface area contributed by atoms with Gasteiger partial charge in [0, 0.05) is 27.8 Å². The fourth-order valence-corrected chi connectivity index (χ4v) is 8.76. The van der Waals surface area contributed by atoms with E-state index in [9.17, 15) is 5.26 Å². The SMILES string of the molecule is N#Cc1cccc(-c2ccc3c(c2)-c2cc(-c4nc(-c5ccccc5)nc(-c5cccc6ccccc56)n4)ccc2C32c3ccccc3Oc3ccccc32)c1. The lowest BCUT2D eigenvalue weighted by molar-refractivity contribution is 0.436. The molecule has 1 aromatic heterocycles. The molecule has 1 aliphatic carbocycles. The second-order valence-corrected chi connectivity index (χ2v) is 14.3. The molecule has 5 heteroatoms. The molecule has 9 aromatic rings. The van der Waals surface area contributed by atoms with E-state index in [1.54, 1.807) is 0 Å². The fourth-order valence-electron chi connectivity index (χ4n) is 8.76. The second-order valence-electron chi connectivity index (χ2n) is 14.3. The predicted octanol–water partition coefficient (Wildman–Crippen LogP) is 12.0. The molecule has 11 rings (SSSR count). The van der Waals surface area contributed by atoms with Crippen LogP contribution in [0.1, 0.15) is 27.8 Å². The number of ether oxygens (including phenoxy) is 1. The summed E-state index contributed by atoms with van der Waals surface area (Å²) in [6, 6.07) is 64.9. The van der Waals surface area contributed by atoms with Gasteiger partial charge in [0.25, 0.3) is 0 Å². The van der Waals surface area contributed by atoms with E-state index in [1.165, 1.54) is 5.56 Å². The maximum Gasteiger partial charge on any atom is 0.164 e. The maximum atomic E-state index is 9.74. The van der Waals surface area contributed by atoms with Crippen LogP contribution in [0.3, 0.4) is 0 Å². The van der Waals surface area contributed by atoms with Crippen LogP contribution < -0.4 is 4.74 Å². The average Bonchev–Trinajstić information content (AvgIpc) is 3.55. The first-order chi connectivity index (χ1) is 27.7. The molecule has 0 bridgehead atoms. The molecule has 0 amide bonds. The molecular weight excluding hydrogens is 685 g/mol. The van der Waals surface area contributed by atoms with Crippen LogP contribution >= 0.6 is 0 Å². The van der Waals surface area contributed by atoms with Crippen LogP contribution in [0.5, 0.6) is 11.5 Å². The molecule has 260 valence electrons. The van der Waals surface area contributed by atoms with Crippen LogP contribution in [0.2, 0.25) is 0 Å². The van der Waals surface area contributed by atoms with E-state index in [4.69, 9.17) is 19.7 Å². The minimum absolute atomic E-state index is 0.595. The molecule has 0 fully saturated rings. The molecule has 2 heterocycles. The van der Waals surface area contributed by atoms with Gasteiger partial charge in [0.05, 0.1) is 17.0 Å². The monoisotopic (exact) mass is 714 g/mol. The molecule has 0 saturated carbocycles. The summed E-state index contributed by atoms with van der Waals surface area (Å²) in [5.74, 6) is 3.50. The van der Waals surface area contributed by atoms with Crippen LogP contribution in [0.25, 0.3) is 67.2 Å². The van der Waals surface area contributed by atoms with Crippen molar-refractivity contribution in [2.45, 2.75) is 5.41 Å². The van der Waals surface area contributed by atoms with Crippen LogP contribution in [0.15, 0.2) is 182 Å². The standard InChI is InChI=1S/C51H30N4O/c52-31-32-12-10-17-35(28-32)36-24-26-42-40(29-36)41-30-37(25-27-43(41)51(42)44-20-6-8-22-46(44)56-47-23-9-7-21-45(47)51)49-53-48(34-14-2-1-3-15-34)54-50(55-49)39-19-11-16-33-13-4-5-18-38(33)39/h1-30H. The third kappa shape index (κ3) is 4.76. The Hall–Kier alpha value is -7.68. The lowest BCUT2D eigenvalue weighted by atomic mass is 9.66. The van der Waals surface area contributed by atoms with Gasteiger partial charge < -0.3 is 4.74 Å². The van der Waals surface area contributed by atoms with Gasteiger partial charge in [-0.25, -0.2) is 15.0 Å². The first-order valence-electron chi connectivity index (χ1n) is 18.7. The number of aromatic nitrogens is 3. The molecule has 2 aliphatic rings. The summed E-state index contributed by atoms with van der Waals surface area (Å²) in [6.07, 6.45) is 0. The zero-order chi connectivity index (χ0) is 37.2. The Bertz CT molecular complexity index is 3040. The van der Waals surface area contributed by atoms with Crippen LogP contribution in [0.4, 0.5) is 0 Å². The van der Waals surface area contributed by atoms with Gasteiger partial charge in [-0.15, -0.1) is 0 Å². The first kappa shape index (κ1) is 31.8. The number of nitriles is 1. The summed E-state index contributed by atoms with van der Waals surface area (Å²) in [4.78, 5) is 15.4. The number of hydrogen-bond donors (Lipinski definition) is 0. The smallest absolute Gasteiger partial charge is 0.164 e. The van der Waals surface area contributed by atoms with E-state index < -0.39 is 5.41 Å². The molecule has 1 spiro atoms. The van der Waals surface area contributed by atoms with Gasteiger partial charge in [0.15, 0.2) is 17.5 Å². The minimum atomic E-state index is -0.635. The number of rotatable bonds is 4. The number of benzene rings is 8. The first-order valence-corrected chi connectivity index (χ1v) is 18.7. The lowest BCUT2D eigenvalue weighted by Gasteiger charge is -2.39. The van der Waals surface area contributed by atoms with Gasteiger partial charge in [0.1, 0.15) is 11.5 Å². The molecular formula is C51H30N4O. The van der Waals surface area contributed by atoms with Crippen molar-refractivity contribution in [3.8, 4) is 74.0 Å². The van der Waals surface area contributed by atoms with Gasteiger partial charge in [-0.1, -0.05) is 146 Å². The van der Waals surface area contributed by atoms with E-state index >= 15 is 0 Å². The van der Waals surface area contributed by atoms with Crippen molar-refractivity contribution in [1.82, 2.24) is 15.0 Å². The molecule has 5 nitrogen and oxygen atoms in total. The quantitative estimate of drug-likeness (QED) is 0.181. The number of hydrogen-bond acceptors (Lipinski definition) is 5. The Morgan fingerprint density at radius 2 is 0.964 bits per heavy atom. The van der Waals surface area contributed by atoms with Crippen LogP contribution in [-0.4, -0.2) is 15.0 Å². The molecule has 1 aliphatic heterocycles. The summed E-state index contributed by atoms with van der Waals surface area (Å²) in [5.41, 5.74) is 11.5. The predicted molar refractivity (Wildman–Crippen MR) is 221 cm³/mol. The second kappa shape index (κ2) is 12.4. The van der Waals surface area contributed by atoms with Crippen molar-refractivity contribution in [3.05, 3.63) is 210 Å². The molecule has 0 radical (unpaired) electrons. The van der Waals surface area contributed by atoms with E-state index in [1.807, 2.05) is 60.7 Å². The Morgan fingerprint density at radius 1 is 0.411 bits per heavy atom. The number of nitrogens with zero attached hydrogens (tertiary/aromatic N) is 4. The van der Waals surface area contributed by atoms with Gasteiger partial charge >= 0.3 is 0 Å². The van der Waals surface area contributed by atoms with E-state index in [2.05, 4.69) is 127 Å². The topological polar surface area (TPSA) is 71.7 Å². The number of fused-ring (bicyclic) bond motifs is 10. The van der Waals surface area contributed by atoms with Crippen molar-refractivity contribution in [3.63, 3.8) is 0 Å². The highest BCUT2D eigenvalue weighted by Crippen LogP contribution is 2.62. The maximum absolute atomic E-state index is 9.74. The zero-order valence-corrected chi connectivity index (χ0v) is 30.0. The van der Waals surface area contributed by atoms with Gasteiger partial charge in [-0.2, -0.15) is 5.26 Å². The molecule has 0 N–H and O–H groups in total. The molecule has 0 atom stereocenters. The Balaban J connectivity index is 1.18. The van der Waals surface area contributed by atoms with Gasteiger partial charge in [0.2, 0.25) is 0 Å². The van der Waals surface area contributed by atoms with Gasteiger partial charge in [-0.05, 0) is 80.6 Å². The van der Waals surface area contributed by atoms with Gasteiger partial charge in [-0.3, -0.25) is 0 Å². The fraction of sp³-hybridized carbons (Fsp3) is 0.0196. The van der Waals surface area contributed by atoms with E-state index in [0.717, 1.165) is 77.9 Å². The van der Waals surface area contributed by atoms with Crippen molar-refractivity contribution >= 4 is 10.8 Å².